The van der Waals surface area contributed by atoms with Crippen molar-refractivity contribution >= 4 is 23.6 Å². The van der Waals surface area contributed by atoms with E-state index in [2.05, 4.69) is 5.32 Å². The van der Waals surface area contributed by atoms with Crippen LogP contribution in [0.15, 0.2) is 60.3 Å². The summed E-state index contributed by atoms with van der Waals surface area (Å²) in [6, 6.07) is 14.7. The molecule has 0 aromatic heterocycles. The molecule has 0 aliphatic carbocycles. The van der Waals surface area contributed by atoms with Crippen LogP contribution in [0.4, 0.5) is 5.69 Å². The molecule has 0 heterocycles. The van der Waals surface area contributed by atoms with Crippen LogP contribution < -0.4 is 5.32 Å². The van der Waals surface area contributed by atoms with Gasteiger partial charge in [0.1, 0.15) is 12.3 Å². The number of carbonyl (C=O) groups is 2. The minimum absolute atomic E-state index is 0.0145. The Morgan fingerprint density at radius 3 is 2.32 bits per heavy atom. The number of non-ortho nitro benzene ring substituents is 1. The maximum Gasteiger partial charge on any atom is 0.355 e. The number of nitro benzene ring substituents is 1. The van der Waals surface area contributed by atoms with Crippen LogP contribution in [0.2, 0.25) is 0 Å². The third-order valence-corrected chi connectivity index (χ3v) is 3.16. The number of nitro groups is 1. The quantitative estimate of drug-likeness (QED) is 0.377. The molecule has 0 aliphatic rings. The molecular weight excluding hydrogens is 324 g/mol. The molecule has 0 aliphatic heterocycles. The number of esters is 1. The summed E-state index contributed by atoms with van der Waals surface area (Å²) < 4.78 is 5.17. The number of ether oxygens (including phenoxy) is 1. The monoisotopic (exact) mass is 340 g/mol. The van der Waals surface area contributed by atoms with Gasteiger partial charge in [-0.3, -0.25) is 14.9 Å². The van der Waals surface area contributed by atoms with Gasteiger partial charge in [-0.15, -0.1) is 0 Å². The second kappa shape index (κ2) is 8.39. The fourth-order valence-corrected chi connectivity index (χ4v) is 1.99. The number of nitrogens with zero attached hydrogens (tertiary/aromatic N) is 1. The van der Waals surface area contributed by atoms with E-state index in [-0.39, 0.29) is 18.0 Å². The molecule has 0 radical (unpaired) electrons. The predicted molar refractivity (Wildman–Crippen MR) is 91.1 cm³/mol. The Kier molecular flexibility index (Phi) is 6.00. The Morgan fingerprint density at radius 2 is 1.76 bits per heavy atom. The molecule has 2 rings (SSSR count). The molecule has 7 nitrogen and oxygen atoms in total. The summed E-state index contributed by atoms with van der Waals surface area (Å²) in [5.74, 6) is -1.09. The Morgan fingerprint density at radius 1 is 1.12 bits per heavy atom. The van der Waals surface area contributed by atoms with Gasteiger partial charge in [-0.05, 0) is 29.3 Å². The van der Waals surface area contributed by atoms with E-state index in [1.54, 1.807) is 24.3 Å². The molecule has 128 valence electrons. The highest BCUT2D eigenvalue weighted by atomic mass is 16.6. The highest BCUT2D eigenvalue weighted by Gasteiger charge is 2.13. The van der Waals surface area contributed by atoms with E-state index in [9.17, 15) is 19.7 Å². The summed E-state index contributed by atoms with van der Waals surface area (Å²) in [5, 5.41) is 13.1. The highest BCUT2D eigenvalue weighted by Crippen LogP contribution is 2.13. The van der Waals surface area contributed by atoms with Crippen molar-refractivity contribution < 1.29 is 19.2 Å². The Bertz CT molecular complexity index is 798. The number of amides is 1. The topological polar surface area (TPSA) is 98.5 Å². The molecule has 2 aromatic rings. The molecule has 7 heteroatoms. The molecule has 0 bridgehead atoms. The van der Waals surface area contributed by atoms with Gasteiger partial charge in [-0.25, -0.2) is 4.79 Å². The van der Waals surface area contributed by atoms with Gasteiger partial charge in [-0.1, -0.05) is 30.3 Å². The Labute approximate surface area is 144 Å². The van der Waals surface area contributed by atoms with Crippen molar-refractivity contribution in [1.29, 1.82) is 0 Å². The highest BCUT2D eigenvalue weighted by molar-refractivity contribution is 5.97. The normalized spacial score (nSPS) is 10.8. The Hall–Kier alpha value is -3.48. The number of benzene rings is 2. The molecule has 0 spiro atoms. The smallest absolute Gasteiger partial charge is 0.355 e. The van der Waals surface area contributed by atoms with Gasteiger partial charge >= 0.3 is 5.97 Å². The summed E-state index contributed by atoms with van der Waals surface area (Å²) >= 11 is 0. The van der Waals surface area contributed by atoms with E-state index >= 15 is 0 Å². The molecule has 0 atom stereocenters. The van der Waals surface area contributed by atoms with Crippen molar-refractivity contribution in [3.63, 3.8) is 0 Å². The Balaban J connectivity index is 2.07. The van der Waals surface area contributed by atoms with Crippen LogP contribution in [0.5, 0.6) is 0 Å². The second-order valence-corrected chi connectivity index (χ2v) is 5.15. The van der Waals surface area contributed by atoms with E-state index in [0.717, 1.165) is 5.56 Å². The van der Waals surface area contributed by atoms with Crippen LogP contribution >= 0.6 is 0 Å². The van der Waals surface area contributed by atoms with Gasteiger partial charge in [0.2, 0.25) is 5.91 Å². The van der Waals surface area contributed by atoms with E-state index in [4.69, 9.17) is 4.74 Å². The van der Waals surface area contributed by atoms with Gasteiger partial charge in [0.25, 0.3) is 5.69 Å². The lowest BCUT2D eigenvalue weighted by Gasteiger charge is -2.09. The summed E-state index contributed by atoms with van der Waals surface area (Å²) in [7, 11) is 0. The third kappa shape index (κ3) is 5.58. The fraction of sp³-hybridized carbons (Fsp3) is 0.111. The summed E-state index contributed by atoms with van der Waals surface area (Å²) in [6.45, 7) is 1.23. The fourth-order valence-electron chi connectivity index (χ4n) is 1.99. The molecule has 2 aromatic carbocycles. The number of hydrogen-bond donors (Lipinski definition) is 1. The molecule has 0 unspecified atom stereocenters. The minimum Gasteiger partial charge on any atom is -0.456 e. The van der Waals surface area contributed by atoms with Crippen LogP contribution in [0.25, 0.3) is 6.08 Å². The van der Waals surface area contributed by atoms with Gasteiger partial charge in [0.05, 0.1) is 4.92 Å². The standard InChI is InChI=1S/C18H16N2O5/c1-13(21)19-17(11-14-5-3-2-4-6-14)18(22)25-12-15-7-9-16(10-8-15)20(23)24/h2-11H,12H2,1H3,(H,19,21)/b17-11+. The first-order valence-corrected chi connectivity index (χ1v) is 7.40. The van der Waals surface area contributed by atoms with Crippen molar-refractivity contribution in [2.75, 3.05) is 0 Å². The van der Waals surface area contributed by atoms with E-state index < -0.39 is 16.8 Å². The van der Waals surface area contributed by atoms with Gasteiger partial charge < -0.3 is 10.1 Å². The maximum absolute atomic E-state index is 12.2. The number of carbonyl (C=O) groups excluding carboxylic acids is 2. The molecule has 0 saturated carbocycles. The van der Waals surface area contributed by atoms with Crippen LogP contribution in [0.1, 0.15) is 18.1 Å². The lowest BCUT2D eigenvalue weighted by molar-refractivity contribution is -0.384. The van der Waals surface area contributed by atoms with Gasteiger partial charge in [0.15, 0.2) is 0 Å². The number of rotatable bonds is 6. The van der Waals surface area contributed by atoms with Crippen molar-refractivity contribution in [2.45, 2.75) is 13.5 Å². The second-order valence-electron chi connectivity index (χ2n) is 5.15. The van der Waals surface area contributed by atoms with Gasteiger partial charge in [-0.2, -0.15) is 0 Å². The maximum atomic E-state index is 12.2. The molecular formula is C18H16N2O5. The van der Waals surface area contributed by atoms with Crippen LogP contribution in [0, 0.1) is 10.1 Å². The first-order chi connectivity index (χ1) is 12.0. The van der Waals surface area contributed by atoms with Crippen molar-refractivity contribution in [3.05, 3.63) is 81.5 Å². The zero-order chi connectivity index (χ0) is 18.2. The molecule has 0 saturated heterocycles. The van der Waals surface area contributed by atoms with E-state index in [1.165, 1.54) is 37.3 Å². The number of hydrogen-bond acceptors (Lipinski definition) is 5. The average molecular weight is 340 g/mol. The number of nitrogens with one attached hydrogen (secondary N) is 1. The van der Waals surface area contributed by atoms with Crippen LogP contribution in [-0.2, 0) is 20.9 Å². The zero-order valence-electron chi connectivity index (χ0n) is 13.5. The van der Waals surface area contributed by atoms with Crippen molar-refractivity contribution in [1.82, 2.24) is 5.32 Å². The van der Waals surface area contributed by atoms with Gasteiger partial charge in [0, 0.05) is 19.1 Å². The predicted octanol–water partition coefficient (Wildman–Crippen LogP) is 2.82. The van der Waals surface area contributed by atoms with Crippen molar-refractivity contribution in [2.24, 2.45) is 0 Å². The lowest BCUT2D eigenvalue weighted by atomic mass is 10.2. The lowest BCUT2D eigenvalue weighted by Crippen LogP contribution is -2.26. The third-order valence-electron chi connectivity index (χ3n) is 3.16. The van der Waals surface area contributed by atoms with Crippen molar-refractivity contribution in [3.8, 4) is 0 Å². The molecule has 1 N–H and O–H groups in total. The van der Waals surface area contributed by atoms with E-state index in [1.807, 2.05) is 6.07 Å². The molecule has 25 heavy (non-hydrogen) atoms. The first-order valence-electron chi connectivity index (χ1n) is 7.40. The largest absolute Gasteiger partial charge is 0.456 e. The molecule has 1 amide bonds. The first kappa shape index (κ1) is 17.9. The summed E-state index contributed by atoms with van der Waals surface area (Å²) in [6.07, 6.45) is 1.51. The minimum atomic E-state index is -0.697. The van der Waals surface area contributed by atoms with Crippen LogP contribution in [-0.4, -0.2) is 16.8 Å². The zero-order valence-corrected chi connectivity index (χ0v) is 13.5. The van der Waals surface area contributed by atoms with E-state index in [0.29, 0.717) is 5.56 Å². The SMILES string of the molecule is CC(=O)N/C(=C/c1ccccc1)C(=O)OCc1ccc([N+](=O)[O-])cc1. The molecule has 0 fully saturated rings. The summed E-state index contributed by atoms with van der Waals surface area (Å²) in [5.41, 5.74) is 1.30. The summed E-state index contributed by atoms with van der Waals surface area (Å²) in [4.78, 5) is 33.6. The average Bonchev–Trinajstić information content (AvgIpc) is 2.60. The van der Waals surface area contributed by atoms with Crippen LogP contribution in [0.3, 0.4) is 0 Å².